The Morgan fingerprint density at radius 2 is 1.76 bits per heavy atom. The molecule has 0 fully saturated rings. The molecule has 134 valence electrons. The van der Waals surface area contributed by atoms with Crippen LogP contribution in [-0.2, 0) is 10.0 Å². The van der Waals surface area contributed by atoms with Gasteiger partial charge in [0.25, 0.3) is 5.91 Å². The van der Waals surface area contributed by atoms with Crippen molar-refractivity contribution >= 4 is 33.2 Å². The van der Waals surface area contributed by atoms with Gasteiger partial charge in [-0.1, -0.05) is 41.4 Å². The zero-order valence-corrected chi connectivity index (χ0v) is 16.1. The summed E-state index contributed by atoms with van der Waals surface area (Å²) in [5, 5.41) is 3.09. The number of carbonyl (C=O) groups excluding carboxylic acids is 1. The van der Waals surface area contributed by atoms with Crippen molar-refractivity contribution in [2.24, 2.45) is 0 Å². The number of aryl methyl sites for hydroxylation is 1. The predicted molar refractivity (Wildman–Crippen MR) is 102 cm³/mol. The van der Waals surface area contributed by atoms with Crippen molar-refractivity contribution in [1.29, 1.82) is 0 Å². The van der Waals surface area contributed by atoms with Gasteiger partial charge >= 0.3 is 0 Å². The normalized spacial score (nSPS) is 12.5. The molecule has 0 heterocycles. The lowest BCUT2D eigenvalue weighted by Gasteiger charge is -2.18. The topological polar surface area (TPSA) is 66.5 Å². The van der Waals surface area contributed by atoms with Crippen molar-refractivity contribution in [3.63, 3.8) is 0 Å². The minimum atomic E-state index is -3.39. The highest BCUT2D eigenvalue weighted by atomic mass is 35.5. The molecular formula is C18H21ClN2O3S. The zero-order chi connectivity index (χ0) is 18.8. The number of amides is 1. The molecule has 0 aromatic heterocycles. The summed E-state index contributed by atoms with van der Waals surface area (Å²) in [4.78, 5) is 12.5. The molecule has 0 spiro atoms. The third-order valence-electron chi connectivity index (χ3n) is 3.98. The maximum Gasteiger partial charge on any atom is 0.253 e. The number of nitrogens with one attached hydrogen (secondary N) is 1. The van der Waals surface area contributed by atoms with Gasteiger partial charge in [-0.2, -0.15) is 0 Å². The van der Waals surface area contributed by atoms with E-state index in [9.17, 15) is 13.2 Å². The van der Waals surface area contributed by atoms with Crippen molar-refractivity contribution in [3.8, 4) is 0 Å². The molecule has 0 unspecified atom stereocenters. The molecule has 1 atom stereocenters. The molecule has 2 aromatic rings. The third-order valence-corrected chi connectivity index (χ3v) is 5.50. The predicted octanol–water partition coefficient (Wildman–Crippen LogP) is 3.54. The Labute approximate surface area is 153 Å². The smallest absolute Gasteiger partial charge is 0.253 e. The van der Waals surface area contributed by atoms with E-state index >= 15 is 0 Å². The monoisotopic (exact) mass is 380 g/mol. The van der Waals surface area contributed by atoms with Crippen molar-refractivity contribution in [1.82, 2.24) is 5.32 Å². The Morgan fingerprint density at radius 3 is 2.28 bits per heavy atom. The molecule has 7 heteroatoms. The third kappa shape index (κ3) is 4.74. The lowest BCUT2D eigenvalue weighted by molar-refractivity contribution is 0.0940. The molecule has 2 aromatic carbocycles. The van der Waals surface area contributed by atoms with Gasteiger partial charge in [0.2, 0.25) is 10.0 Å². The van der Waals surface area contributed by atoms with Gasteiger partial charge in [0.1, 0.15) is 0 Å². The molecule has 5 nitrogen and oxygen atoms in total. The summed E-state index contributed by atoms with van der Waals surface area (Å²) in [5.41, 5.74) is 2.83. The lowest BCUT2D eigenvalue weighted by Crippen LogP contribution is -2.27. The molecule has 0 aliphatic rings. The van der Waals surface area contributed by atoms with Crippen LogP contribution in [0.15, 0.2) is 42.5 Å². The van der Waals surface area contributed by atoms with Crippen LogP contribution in [0.1, 0.15) is 34.5 Å². The molecule has 1 amide bonds. The number of hydrogen-bond donors (Lipinski definition) is 1. The molecule has 2 rings (SSSR count). The molecule has 25 heavy (non-hydrogen) atoms. The second-order valence-corrected chi connectivity index (χ2v) is 8.42. The van der Waals surface area contributed by atoms with Gasteiger partial charge in [0, 0.05) is 7.05 Å². The molecule has 0 saturated heterocycles. The van der Waals surface area contributed by atoms with E-state index in [0.717, 1.165) is 21.7 Å². The van der Waals surface area contributed by atoms with Gasteiger partial charge in [0.05, 0.1) is 28.6 Å². The van der Waals surface area contributed by atoms with Gasteiger partial charge in [-0.3, -0.25) is 9.10 Å². The van der Waals surface area contributed by atoms with Crippen molar-refractivity contribution in [2.75, 3.05) is 17.6 Å². The van der Waals surface area contributed by atoms with E-state index in [2.05, 4.69) is 5.32 Å². The van der Waals surface area contributed by atoms with Crippen molar-refractivity contribution in [3.05, 3.63) is 64.2 Å². The molecule has 0 aliphatic heterocycles. The summed E-state index contributed by atoms with van der Waals surface area (Å²) in [6.07, 6.45) is 1.10. The van der Waals surface area contributed by atoms with Crippen LogP contribution in [0.4, 0.5) is 5.69 Å². The van der Waals surface area contributed by atoms with Gasteiger partial charge in [-0.25, -0.2) is 8.42 Å². The van der Waals surface area contributed by atoms with Crippen molar-refractivity contribution < 1.29 is 13.2 Å². The highest BCUT2D eigenvalue weighted by Crippen LogP contribution is 2.25. The largest absolute Gasteiger partial charge is 0.345 e. The molecular weight excluding hydrogens is 360 g/mol. The number of rotatable bonds is 5. The van der Waals surface area contributed by atoms with Crippen LogP contribution in [0.2, 0.25) is 5.02 Å². The van der Waals surface area contributed by atoms with Crippen LogP contribution in [-0.4, -0.2) is 27.6 Å². The summed E-state index contributed by atoms with van der Waals surface area (Å²) in [5.74, 6) is -0.313. The minimum absolute atomic E-state index is 0.178. The first-order valence-corrected chi connectivity index (χ1v) is 9.93. The number of halogens is 1. The summed E-state index contributed by atoms with van der Waals surface area (Å²) >= 11 is 6.19. The van der Waals surface area contributed by atoms with Crippen LogP contribution >= 0.6 is 11.6 Å². The zero-order valence-electron chi connectivity index (χ0n) is 14.6. The summed E-state index contributed by atoms with van der Waals surface area (Å²) in [6, 6.07) is 12.3. The second kappa shape index (κ2) is 7.45. The maximum atomic E-state index is 12.5. The Morgan fingerprint density at radius 1 is 1.16 bits per heavy atom. The second-order valence-electron chi connectivity index (χ2n) is 6.00. The lowest BCUT2D eigenvalue weighted by atomic mass is 10.1. The van der Waals surface area contributed by atoms with Crippen molar-refractivity contribution in [2.45, 2.75) is 19.9 Å². The van der Waals surface area contributed by atoms with Gasteiger partial charge < -0.3 is 5.32 Å². The fourth-order valence-electron chi connectivity index (χ4n) is 2.29. The number of nitrogens with zero attached hydrogens (tertiary/aromatic N) is 1. The standard InChI is InChI=1S/C18H21ClN2O3S/c1-12-5-7-14(8-6-12)13(2)20-18(22)16-10-9-15(11-17(16)19)21(3)25(4,23)24/h5-11,13H,1-4H3,(H,20,22)/t13-/m0/s1. The van der Waals surface area contributed by atoms with E-state index in [1.54, 1.807) is 6.07 Å². The van der Waals surface area contributed by atoms with E-state index in [1.807, 2.05) is 38.1 Å². The summed E-state index contributed by atoms with van der Waals surface area (Å²) < 4.78 is 24.3. The number of benzene rings is 2. The van der Waals surface area contributed by atoms with E-state index in [-0.39, 0.29) is 17.0 Å². The highest BCUT2D eigenvalue weighted by molar-refractivity contribution is 7.92. The Kier molecular flexibility index (Phi) is 5.75. The fourth-order valence-corrected chi connectivity index (χ4v) is 3.05. The number of anilines is 1. The molecule has 0 saturated carbocycles. The first-order chi connectivity index (χ1) is 11.6. The van der Waals surface area contributed by atoms with E-state index < -0.39 is 10.0 Å². The first-order valence-electron chi connectivity index (χ1n) is 7.70. The van der Waals surface area contributed by atoms with Gasteiger partial charge in [-0.05, 0) is 37.6 Å². The van der Waals surface area contributed by atoms with Crippen LogP contribution in [0.25, 0.3) is 0 Å². The molecule has 1 N–H and O–H groups in total. The SMILES string of the molecule is Cc1ccc([C@H](C)NC(=O)c2ccc(N(C)S(C)(=O)=O)cc2Cl)cc1. The first kappa shape index (κ1) is 19.3. The van der Waals surface area contributed by atoms with E-state index in [4.69, 9.17) is 11.6 Å². The summed E-state index contributed by atoms with van der Waals surface area (Å²) in [7, 11) is -1.96. The molecule has 0 aliphatic carbocycles. The van der Waals surface area contributed by atoms with Gasteiger partial charge in [-0.15, -0.1) is 0 Å². The molecule has 0 bridgehead atoms. The fraction of sp³-hybridized carbons (Fsp3) is 0.278. The Balaban J connectivity index is 2.18. The Hall–Kier alpha value is -2.05. The average molecular weight is 381 g/mol. The van der Waals surface area contributed by atoms with Gasteiger partial charge in [0.15, 0.2) is 0 Å². The van der Waals surface area contributed by atoms with Crippen LogP contribution < -0.4 is 9.62 Å². The van der Waals surface area contributed by atoms with Crippen LogP contribution in [0.3, 0.4) is 0 Å². The van der Waals surface area contributed by atoms with Crippen LogP contribution in [0, 0.1) is 6.92 Å². The number of hydrogen-bond acceptors (Lipinski definition) is 3. The average Bonchev–Trinajstić information content (AvgIpc) is 2.53. The Bertz CT molecular complexity index is 880. The highest BCUT2D eigenvalue weighted by Gasteiger charge is 2.17. The molecule has 0 radical (unpaired) electrons. The van der Waals surface area contributed by atoms with E-state index in [0.29, 0.717) is 11.3 Å². The number of sulfonamides is 1. The van der Waals surface area contributed by atoms with E-state index in [1.165, 1.54) is 19.2 Å². The maximum absolute atomic E-state index is 12.5. The van der Waals surface area contributed by atoms with Crippen LogP contribution in [0.5, 0.6) is 0 Å². The minimum Gasteiger partial charge on any atom is -0.345 e. The number of carbonyl (C=O) groups is 1. The quantitative estimate of drug-likeness (QED) is 0.862. The summed E-state index contributed by atoms with van der Waals surface area (Å²) in [6.45, 7) is 3.89.